The van der Waals surface area contributed by atoms with Gasteiger partial charge in [0, 0.05) is 81.7 Å². The van der Waals surface area contributed by atoms with E-state index in [1.54, 1.807) is 0 Å². The van der Waals surface area contributed by atoms with Crippen LogP contribution in [0.4, 0.5) is 34.1 Å². The molecule has 10 rings (SSSR count). The van der Waals surface area contributed by atoms with Crippen LogP contribution in [0.2, 0.25) is 0 Å². The van der Waals surface area contributed by atoms with Crippen LogP contribution in [0.1, 0.15) is 0 Å². The Morgan fingerprint density at radius 1 is 0.207 bits per heavy atom. The van der Waals surface area contributed by atoms with Gasteiger partial charge in [0.1, 0.15) is 0 Å². The van der Waals surface area contributed by atoms with Gasteiger partial charge in [-0.25, -0.2) is 0 Å². The lowest BCUT2D eigenvalue weighted by Crippen LogP contribution is -2.10. The Bertz CT molecular complexity index is 2440. The molecular weight excluding hydrogens is 709 g/mol. The molecule has 0 saturated carbocycles. The molecule has 6 aromatic carbocycles. The van der Waals surface area contributed by atoms with Crippen molar-refractivity contribution in [1.82, 2.24) is 19.9 Å². The van der Waals surface area contributed by atoms with Crippen LogP contribution in [0.15, 0.2) is 219 Å². The van der Waals surface area contributed by atoms with Gasteiger partial charge in [0.15, 0.2) is 0 Å². The Kier molecular flexibility index (Phi) is 9.10. The van der Waals surface area contributed by atoms with Gasteiger partial charge in [-0.2, -0.15) is 0 Å². The van der Waals surface area contributed by atoms with Crippen LogP contribution < -0.4 is 9.80 Å². The van der Waals surface area contributed by atoms with E-state index in [0.717, 1.165) is 90.3 Å². The maximum Gasteiger partial charge on any atom is 0.0462 e. The predicted octanol–water partition coefficient (Wildman–Crippen LogP) is 14.3. The lowest BCUT2D eigenvalue weighted by atomic mass is 10.0. The average Bonchev–Trinajstić information content (AvgIpc) is 4.15. The van der Waals surface area contributed by atoms with Gasteiger partial charge in [-0.1, -0.05) is 72.8 Å². The molecule has 0 saturated heterocycles. The zero-order valence-corrected chi connectivity index (χ0v) is 31.7. The number of nitrogens with zero attached hydrogens (tertiary/aromatic N) is 2. The molecule has 0 radical (unpaired) electrons. The van der Waals surface area contributed by atoms with Gasteiger partial charge in [0.05, 0.1) is 0 Å². The molecular formula is C52H40N6. The molecule has 6 heteroatoms. The highest BCUT2D eigenvalue weighted by molar-refractivity contribution is 5.83. The summed E-state index contributed by atoms with van der Waals surface area (Å²) in [7, 11) is 0. The van der Waals surface area contributed by atoms with Gasteiger partial charge >= 0.3 is 0 Å². The molecule has 58 heavy (non-hydrogen) atoms. The third kappa shape index (κ3) is 6.91. The molecule has 0 fully saturated rings. The summed E-state index contributed by atoms with van der Waals surface area (Å²) in [5.74, 6) is 0. The van der Waals surface area contributed by atoms with Gasteiger partial charge in [-0.3, -0.25) is 0 Å². The van der Waals surface area contributed by atoms with Crippen LogP contribution >= 0.6 is 0 Å². The third-order valence-electron chi connectivity index (χ3n) is 10.7. The first kappa shape index (κ1) is 34.5. The average molecular weight is 749 g/mol. The van der Waals surface area contributed by atoms with E-state index in [0.29, 0.717) is 0 Å². The minimum Gasteiger partial charge on any atom is -0.361 e. The van der Waals surface area contributed by atoms with Crippen LogP contribution in [0.5, 0.6) is 0 Å². The van der Waals surface area contributed by atoms with Crippen LogP contribution in [0, 0.1) is 0 Å². The van der Waals surface area contributed by atoms with E-state index in [9.17, 15) is 0 Å². The van der Waals surface area contributed by atoms with Crippen molar-refractivity contribution >= 4 is 34.1 Å². The maximum atomic E-state index is 3.32. The Balaban J connectivity index is 0.957. The highest BCUT2D eigenvalue weighted by atomic mass is 15.1. The number of hydrogen-bond acceptors (Lipinski definition) is 2. The number of nitrogens with one attached hydrogen (secondary N) is 4. The molecule has 10 aromatic rings. The zero-order chi connectivity index (χ0) is 38.7. The fraction of sp³-hybridized carbons (Fsp3) is 0. The van der Waals surface area contributed by atoms with E-state index in [2.05, 4.69) is 200 Å². The monoisotopic (exact) mass is 748 g/mol. The smallest absolute Gasteiger partial charge is 0.0462 e. The Hall–Kier alpha value is -7.96. The molecule has 0 unspecified atom stereocenters. The molecule has 0 atom stereocenters. The third-order valence-corrected chi connectivity index (χ3v) is 10.7. The summed E-state index contributed by atoms with van der Waals surface area (Å²) in [4.78, 5) is 17.9. The molecule has 0 aliphatic heterocycles. The van der Waals surface area contributed by atoms with E-state index >= 15 is 0 Å². The number of hydrogen-bond donors (Lipinski definition) is 4. The zero-order valence-electron chi connectivity index (χ0n) is 31.7. The minimum atomic E-state index is 1.08. The first-order valence-electron chi connectivity index (χ1n) is 19.5. The molecule has 0 amide bonds. The number of H-pyrrole nitrogens is 4. The van der Waals surface area contributed by atoms with Crippen molar-refractivity contribution in [2.75, 3.05) is 9.80 Å². The van der Waals surface area contributed by atoms with Crippen LogP contribution in [-0.2, 0) is 0 Å². The fourth-order valence-electron chi connectivity index (χ4n) is 7.70. The summed E-state index contributed by atoms with van der Waals surface area (Å²) in [6.07, 6.45) is 7.83. The van der Waals surface area contributed by atoms with Gasteiger partial charge < -0.3 is 29.7 Å². The lowest BCUT2D eigenvalue weighted by molar-refractivity contribution is 1.28. The first-order valence-corrected chi connectivity index (χ1v) is 19.5. The summed E-state index contributed by atoms with van der Waals surface area (Å²) >= 11 is 0. The molecule has 0 aliphatic carbocycles. The quantitative estimate of drug-likeness (QED) is 0.106. The lowest BCUT2D eigenvalue weighted by Gasteiger charge is -2.26. The summed E-state index contributed by atoms with van der Waals surface area (Å²) in [5, 5.41) is 0. The van der Waals surface area contributed by atoms with Crippen molar-refractivity contribution in [3.8, 4) is 56.2 Å². The van der Waals surface area contributed by atoms with E-state index in [1.807, 2.05) is 49.1 Å². The molecule has 0 bridgehead atoms. The van der Waals surface area contributed by atoms with Crippen LogP contribution in [0.3, 0.4) is 0 Å². The Morgan fingerprint density at radius 2 is 0.397 bits per heavy atom. The second-order valence-electron chi connectivity index (χ2n) is 14.3. The van der Waals surface area contributed by atoms with Gasteiger partial charge in [-0.05, 0) is 155 Å². The first-order chi connectivity index (χ1) is 28.7. The van der Waals surface area contributed by atoms with Gasteiger partial charge in [0.25, 0.3) is 0 Å². The van der Waals surface area contributed by atoms with E-state index in [1.165, 1.54) is 0 Å². The summed E-state index contributed by atoms with van der Waals surface area (Å²) in [6, 6.07) is 69.1. The highest BCUT2D eigenvalue weighted by Crippen LogP contribution is 2.40. The maximum absolute atomic E-state index is 3.32. The number of benzene rings is 6. The minimum absolute atomic E-state index is 1.08. The Morgan fingerprint density at radius 3 is 0.569 bits per heavy atom. The molecule has 4 heterocycles. The molecule has 0 aliphatic rings. The van der Waals surface area contributed by atoms with Gasteiger partial charge in [0.2, 0.25) is 0 Å². The van der Waals surface area contributed by atoms with Crippen molar-refractivity contribution < 1.29 is 0 Å². The van der Waals surface area contributed by atoms with E-state index in [4.69, 9.17) is 0 Å². The van der Waals surface area contributed by atoms with Crippen molar-refractivity contribution in [2.24, 2.45) is 0 Å². The summed E-state index contributed by atoms with van der Waals surface area (Å²) < 4.78 is 0. The van der Waals surface area contributed by atoms with Crippen molar-refractivity contribution in [3.63, 3.8) is 0 Å². The number of anilines is 6. The molecule has 4 aromatic heterocycles. The van der Waals surface area contributed by atoms with E-state index < -0.39 is 0 Å². The second kappa shape index (κ2) is 15.3. The van der Waals surface area contributed by atoms with Gasteiger partial charge in [-0.15, -0.1) is 0 Å². The fourth-order valence-corrected chi connectivity index (χ4v) is 7.70. The Labute approximate surface area is 337 Å². The van der Waals surface area contributed by atoms with Crippen molar-refractivity contribution in [3.05, 3.63) is 219 Å². The highest BCUT2D eigenvalue weighted by Gasteiger charge is 2.16. The molecule has 6 nitrogen and oxygen atoms in total. The molecule has 0 spiro atoms. The summed E-state index contributed by atoms with van der Waals surface area (Å²) in [6.45, 7) is 0. The summed E-state index contributed by atoms with van der Waals surface area (Å²) in [5.41, 5.74) is 17.8. The van der Waals surface area contributed by atoms with E-state index in [-0.39, 0.29) is 0 Å². The van der Waals surface area contributed by atoms with Crippen LogP contribution in [0.25, 0.3) is 56.2 Å². The standard InChI is InChI=1S/C52H40N6/c1-5-49(53-33-1)39-13-25-45(26-14-39)57(46-27-15-40(16-28-46)50-6-2-34-54-50)43-21-9-37(10-22-43)38-11-23-44(24-12-38)58(47-29-17-41(18-30-47)51-7-3-35-55-51)48-31-19-42(20-32-48)52-8-4-36-56-52/h1-36,53-56H. The molecule has 4 N–H and O–H groups in total. The number of aromatic amines is 4. The van der Waals surface area contributed by atoms with Crippen molar-refractivity contribution in [2.45, 2.75) is 0 Å². The van der Waals surface area contributed by atoms with Crippen molar-refractivity contribution in [1.29, 1.82) is 0 Å². The number of rotatable bonds is 11. The largest absolute Gasteiger partial charge is 0.361 e. The normalized spacial score (nSPS) is 11.1. The SMILES string of the molecule is c1c[nH]c(-c2ccc(N(c3ccc(-c4ccc(N(c5ccc(-c6ccc[nH]6)cc5)c5ccc(-c6ccc[nH]6)cc5)cc4)cc3)c3ccc(-c4ccc[nH]4)cc3)cc2)c1. The molecule has 278 valence electrons. The topological polar surface area (TPSA) is 69.6 Å². The second-order valence-corrected chi connectivity index (χ2v) is 14.3. The van der Waals surface area contributed by atoms with Crippen LogP contribution in [-0.4, -0.2) is 19.9 Å². The predicted molar refractivity (Wildman–Crippen MR) is 240 cm³/mol. The number of aromatic nitrogens is 4.